The van der Waals surface area contributed by atoms with E-state index < -0.39 is 18.2 Å². The van der Waals surface area contributed by atoms with E-state index in [0.29, 0.717) is 19.3 Å². The summed E-state index contributed by atoms with van der Waals surface area (Å²) in [5.74, 6) is -0.526. The molecule has 0 heterocycles. The summed E-state index contributed by atoms with van der Waals surface area (Å²) in [6.45, 7) is 6.30. The molecule has 0 fully saturated rings. The van der Waals surface area contributed by atoms with Crippen LogP contribution >= 0.6 is 0 Å². The van der Waals surface area contributed by atoms with Gasteiger partial charge in [0, 0.05) is 6.42 Å². The maximum Gasteiger partial charge on any atom is 0.306 e. The second kappa shape index (κ2) is 42.7. The molecule has 0 aromatic heterocycles. The predicted molar refractivity (Wildman–Crippen MR) is 236 cm³/mol. The molecule has 0 aliphatic rings. The molecule has 0 spiro atoms. The van der Waals surface area contributed by atoms with Crippen LogP contribution in [0.5, 0.6) is 0 Å². The zero-order chi connectivity index (χ0) is 40.3. The summed E-state index contributed by atoms with van der Waals surface area (Å²) in [7, 11) is 0. The molecule has 3 unspecified atom stereocenters. The first kappa shape index (κ1) is 52.6. The van der Waals surface area contributed by atoms with Crippen molar-refractivity contribution in [2.75, 3.05) is 6.61 Å². The summed E-state index contributed by atoms with van der Waals surface area (Å²) in [6, 6.07) is -0.708. The van der Waals surface area contributed by atoms with Gasteiger partial charge >= 0.3 is 5.97 Å². The van der Waals surface area contributed by atoms with E-state index in [1.54, 1.807) is 0 Å². The average molecular weight is 770 g/mol. The fourth-order valence-corrected chi connectivity index (χ4v) is 6.74. The van der Waals surface area contributed by atoms with Crippen LogP contribution in [0.3, 0.4) is 0 Å². The number of hydrogen-bond donors (Lipinski definition) is 3. The highest BCUT2D eigenvalue weighted by molar-refractivity contribution is 5.77. The quantitative estimate of drug-likeness (QED) is 0.0328. The predicted octanol–water partition coefficient (Wildman–Crippen LogP) is 13.3. The van der Waals surface area contributed by atoms with Crippen molar-refractivity contribution in [2.24, 2.45) is 0 Å². The number of hydrogen-bond acceptors (Lipinski definition) is 5. The van der Waals surface area contributed by atoms with Gasteiger partial charge in [-0.25, -0.2) is 0 Å². The molecular formula is C49H87NO5. The number of unbranched alkanes of at least 4 members (excludes halogenated alkanes) is 22. The number of allylic oxidation sites excluding steroid dienone is 10. The first-order chi connectivity index (χ1) is 27.0. The molecule has 0 aliphatic heterocycles. The largest absolute Gasteiger partial charge is 0.462 e. The van der Waals surface area contributed by atoms with Crippen LogP contribution in [-0.2, 0) is 14.3 Å². The SMILES string of the molecule is CC/C=C/C=C/C=C\C=C/C=C/CCCCCC(=O)OC(CCCCCCCCCCC)CC(=O)NC(CO)C(O)CCCCCCCCCCCCCC. The van der Waals surface area contributed by atoms with Gasteiger partial charge in [-0.3, -0.25) is 9.59 Å². The number of rotatable bonds is 40. The van der Waals surface area contributed by atoms with Gasteiger partial charge in [0.15, 0.2) is 0 Å². The molecule has 3 N–H and O–H groups in total. The smallest absolute Gasteiger partial charge is 0.306 e. The normalized spacial score (nSPS) is 13.9. The first-order valence-electron chi connectivity index (χ1n) is 23.1. The van der Waals surface area contributed by atoms with Gasteiger partial charge < -0.3 is 20.3 Å². The lowest BCUT2D eigenvalue weighted by molar-refractivity contribution is -0.151. The standard InChI is InChI=1S/C49H87NO5/c1-4-7-10-13-16-19-21-23-24-25-27-30-33-36-39-42-49(54)55-45(40-37-34-31-28-18-15-12-9-6-3)43-48(53)50-46(44-51)47(52)41-38-35-32-29-26-22-20-17-14-11-8-5-2/h7,10,13,16,19,21,23-25,27,45-47,51-52H,4-6,8-9,11-12,14-15,17-18,20,22,26,28-44H2,1-3H3,(H,50,53)/b10-7+,16-13+,21-19-,24-23-,27-25+. The fraction of sp³-hybridized carbons (Fsp3) is 0.755. The summed E-state index contributed by atoms with van der Waals surface area (Å²) in [5, 5.41) is 23.6. The number of ether oxygens (including phenoxy) is 1. The lowest BCUT2D eigenvalue weighted by Gasteiger charge is -2.24. The van der Waals surface area contributed by atoms with E-state index in [1.165, 1.54) is 96.3 Å². The van der Waals surface area contributed by atoms with Gasteiger partial charge in [-0.2, -0.15) is 0 Å². The third kappa shape index (κ3) is 38.2. The first-order valence-corrected chi connectivity index (χ1v) is 23.1. The number of carbonyl (C=O) groups is 2. The van der Waals surface area contributed by atoms with Crippen molar-refractivity contribution in [3.05, 3.63) is 60.8 Å². The van der Waals surface area contributed by atoms with Crippen molar-refractivity contribution >= 4 is 11.9 Å². The van der Waals surface area contributed by atoms with E-state index in [2.05, 4.69) is 44.3 Å². The van der Waals surface area contributed by atoms with Gasteiger partial charge in [0.05, 0.1) is 25.2 Å². The number of aliphatic hydroxyl groups is 2. The van der Waals surface area contributed by atoms with Gasteiger partial charge in [-0.05, 0) is 44.9 Å². The molecule has 55 heavy (non-hydrogen) atoms. The molecule has 1 amide bonds. The average Bonchev–Trinajstić information content (AvgIpc) is 3.18. The molecule has 0 rings (SSSR count). The van der Waals surface area contributed by atoms with Crippen molar-refractivity contribution < 1.29 is 24.5 Å². The molecular weight excluding hydrogens is 683 g/mol. The maximum absolute atomic E-state index is 13.1. The summed E-state index contributed by atoms with van der Waals surface area (Å²) in [4.78, 5) is 25.9. The summed E-state index contributed by atoms with van der Waals surface area (Å²) < 4.78 is 5.87. The second-order valence-electron chi connectivity index (χ2n) is 15.6. The second-order valence-corrected chi connectivity index (χ2v) is 15.6. The van der Waals surface area contributed by atoms with Gasteiger partial charge in [-0.15, -0.1) is 0 Å². The van der Waals surface area contributed by atoms with Crippen molar-refractivity contribution in [1.82, 2.24) is 5.32 Å². The van der Waals surface area contributed by atoms with Crippen LogP contribution < -0.4 is 5.32 Å². The zero-order valence-electron chi connectivity index (χ0n) is 36.0. The van der Waals surface area contributed by atoms with Gasteiger partial charge in [-0.1, -0.05) is 216 Å². The van der Waals surface area contributed by atoms with E-state index in [9.17, 15) is 19.8 Å². The zero-order valence-corrected chi connectivity index (χ0v) is 36.0. The Labute approximate surface area is 339 Å². The van der Waals surface area contributed by atoms with Crippen LogP contribution in [0, 0.1) is 0 Å². The molecule has 0 saturated carbocycles. The molecule has 3 atom stereocenters. The Hall–Kier alpha value is -2.44. The van der Waals surface area contributed by atoms with E-state index in [4.69, 9.17) is 4.74 Å². The molecule has 6 nitrogen and oxygen atoms in total. The fourth-order valence-electron chi connectivity index (χ4n) is 6.74. The number of nitrogens with one attached hydrogen (secondary N) is 1. The highest BCUT2D eigenvalue weighted by Gasteiger charge is 2.24. The topological polar surface area (TPSA) is 95.9 Å². The minimum atomic E-state index is -0.793. The summed E-state index contributed by atoms with van der Waals surface area (Å²) in [6.07, 6.45) is 51.3. The summed E-state index contributed by atoms with van der Waals surface area (Å²) >= 11 is 0. The van der Waals surface area contributed by atoms with Crippen molar-refractivity contribution in [2.45, 2.75) is 232 Å². The molecule has 318 valence electrons. The third-order valence-corrected chi connectivity index (χ3v) is 10.2. The summed E-state index contributed by atoms with van der Waals surface area (Å²) in [5.41, 5.74) is 0. The number of carbonyl (C=O) groups excluding carboxylic acids is 2. The lowest BCUT2D eigenvalue weighted by Crippen LogP contribution is -2.46. The van der Waals surface area contributed by atoms with Crippen LogP contribution in [0.4, 0.5) is 0 Å². The van der Waals surface area contributed by atoms with E-state index >= 15 is 0 Å². The lowest BCUT2D eigenvalue weighted by atomic mass is 10.0. The molecule has 0 saturated heterocycles. The molecule has 0 aromatic carbocycles. The Morgan fingerprint density at radius 2 is 0.982 bits per heavy atom. The molecule has 0 radical (unpaired) electrons. The third-order valence-electron chi connectivity index (χ3n) is 10.2. The number of aliphatic hydroxyl groups excluding tert-OH is 2. The highest BCUT2D eigenvalue weighted by Crippen LogP contribution is 2.17. The Kier molecular flexibility index (Phi) is 40.8. The van der Waals surface area contributed by atoms with Gasteiger partial charge in [0.1, 0.15) is 6.10 Å². The van der Waals surface area contributed by atoms with Crippen molar-refractivity contribution in [3.8, 4) is 0 Å². The van der Waals surface area contributed by atoms with Crippen molar-refractivity contribution in [1.29, 1.82) is 0 Å². The van der Waals surface area contributed by atoms with Gasteiger partial charge in [0.25, 0.3) is 0 Å². The van der Waals surface area contributed by atoms with Crippen LogP contribution in [0.25, 0.3) is 0 Å². The van der Waals surface area contributed by atoms with Crippen LogP contribution in [0.15, 0.2) is 60.8 Å². The van der Waals surface area contributed by atoms with Crippen LogP contribution in [-0.4, -0.2) is 46.9 Å². The Bertz CT molecular complexity index is 999. The molecule has 0 bridgehead atoms. The maximum atomic E-state index is 13.1. The van der Waals surface area contributed by atoms with Gasteiger partial charge in [0.2, 0.25) is 5.91 Å². The minimum absolute atomic E-state index is 0.0598. The minimum Gasteiger partial charge on any atom is -0.462 e. The molecule has 0 aliphatic carbocycles. The molecule has 0 aromatic rings. The van der Waals surface area contributed by atoms with E-state index in [0.717, 1.165) is 70.6 Å². The Morgan fingerprint density at radius 1 is 0.545 bits per heavy atom. The number of esters is 1. The Morgan fingerprint density at radius 3 is 1.47 bits per heavy atom. The monoisotopic (exact) mass is 770 g/mol. The van der Waals surface area contributed by atoms with Crippen molar-refractivity contribution in [3.63, 3.8) is 0 Å². The highest BCUT2D eigenvalue weighted by atomic mass is 16.5. The van der Waals surface area contributed by atoms with E-state index in [1.807, 2.05) is 42.5 Å². The molecule has 6 heteroatoms. The van der Waals surface area contributed by atoms with Crippen LogP contribution in [0.2, 0.25) is 0 Å². The van der Waals surface area contributed by atoms with Crippen LogP contribution in [0.1, 0.15) is 213 Å². The number of amides is 1. The Balaban J connectivity index is 4.61. The van der Waals surface area contributed by atoms with E-state index in [-0.39, 0.29) is 24.9 Å².